The van der Waals surface area contributed by atoms with Gasteiger partial charge in [0.15, 0.2) is 0 Å². The molecule has 4 nitrogen and oxygen atoms in total. The Balaban J connectivity index is 1.61. The number of rotatable bonds is 5. The summed E-state index contributed by atoms with van der Waals surface area (Å²) in [6.45, 7) is 3.12. The summed E-state index contributed by atoms with van der Waals surface area (Å²) in [5.41, 5.74) is 5.94. The molecule has 1 amide bonds. The molecule has 1 heterocycles. The fourth-order valence-electron chi connectivity index (χ4n) is 2.68. The highest BCUT2D eigenvalue weighted by molar-refractivity contribution is 5.76. The molecule has 0 aromatic rings. The Labute approximate surface area is 104 Å². The molecule has 2 atom stereocenters. The van der Waals surface area contributed by atoms with Crippen LogP contribution in [-0.4, -0.2) is 43.5 Å². The average molecular weight is 239 g/mol. The molecule has 98 valence electrons. The van der Waals surface area contributed by atoms with Gasteiger partial charge in [-0.25, -0.2) is 0 Å². The van der Waals surface area contributed by atoms with Crippen LogP contribution in [0.1, 0.15) is 32.1 Å². The van der Waals surface area contributed by atoms with E-state index in [4.69, 9.17) is 5.73 Å². The van der Waals surface area contributed by atoms with Gasteiger partial charge in [0.25, 0.3) is 0 Å². The standard InChI is InChI=1S/C13H25N3O/c1-16-6-2-3-10(9-16)8-15-13(17)7-12(14)11-4-5-11/h10-12H,2-9,14H2,1H3,(H,15,17). The molecule has 0 bridgehead atoms. The minimum Gasteiger partial charge on any atom is -0.356 e. The molecule has 0 spiro atoms. The molecule has 2 rings (SSSR count). The normalized spacial score (nSPS) is 27.8. The van der Waals surface area contributed by atoms with E-state index in [-0.39, 0.29) is 11.9 Å². The molecule has 1 saturated carbocycles. The number of carbonyl (C=O) groups is 1. The monoisotopic (exact) mass is 239 g/mol. The van der Waals surface area contributed by atoms with Gasteiger partial charge in [-0.2, -0.15) is 0 Å². The molecule has 4 heteroatoms. The number of piperidine rings is 1. The molecule has 2 fully saturated rings. The summed E-state index contributed by atoms with van der Waals surface area (Å²) < 4.78 is 0. The topological polar surface area (TPSA) is 58.4 Å². The molecule has 17 heavy (non-hydrogen) atoms. The molecule has 0 aromatic carbocycles. The van der Waals surface area contributed by atoms with Crippen LogP contribution in [0.15, 0.2) is 0 Å². The Hall–Kier alpha value is -0.610. The predicted molar refractivity (Wildman–Crippen MR) is 68.5 cm³/mol. The molecule has 0 radical (unpaired) electrons. The first-order valence-electron chi connectivity index (χ1n) is 6.86. The van der Waals surface area contributed by atoms with Crippen LogP contribution in [0.4, 0.5) is 0 Å². The Morgan fingerprint density at radius 2 is 2.24 bits per heavy atom. The molecule has 3 N–H and O–H groups in total. The minimum atomic E-state index is 0.0871. The van der Waals surface area contributed by atoms with E-state index in [1.165, 1.54) is 32.2 Å². The van der Waals surface area contributed by atoms with E-state index >= 15 is 0 Å². The number of hydrogen-bond donors (Lipinski definition) is 2. The van der Waals surface area contributed by atoms with Crippen molar-refractivity contribution in [2.45, 2.75) is 38.1 Å². The van der Waals surface area contributed by atoms with E-state index in [1.54, 1.807) is 0 Å². The van der Waals surface area contributed by atoms with Crippen LogP contribution in [0.25, 0.3) is 0 Å². The van der Waals surface area contributed by atoms with Crippen LogP contribution in [-0.2, 0) is 4.79 Å². The first-order chi connectivity index (χ1) is 8.15. The number of nitrogens with zero attached hydrogens (tertiary/aromatic N) is 1. The van der Waals surface area contributed by atoms with Crippen molar-refractivity contribution in [3.8, 4) is 0 Å². The van der Waals surface area contributed by atoms with Gasteiger partial charge >= 0.3 is 0 Å². The molecule has 2 aliphatic rings. The number of nitrogens with one attached hydrogen (secondary N) is 1. The number of hydrogen-bond acceptors (Lipinski definition) is 3. The highest BCUT2D eigenvalue weighted by atomic mass is 16.1. The van der Waals surface area contributed by atoms with Crippen LogP contribution in [0.5, 0.6) is 0 Å². The van der Waals surface area contributed by atoms with E-state index in [2.05, 4.69) is 17.3 Å². The Morgan fingerprint density at radius 1 is 1.47 bits per heavy atom. The zero-order valence-electron chi connectivity index (χ0n) is 10.8. The van der Waals surface area contributed by atoms with Crippen molar-refractivity contribution in [2.75, 3.05) is 26.7 Å². The van der Waals surface area contributed by atoms with Gasteiger partial charge < -0.3 is 16.0 Å². The van der Waals surface area contributed by atoms with E-state index in [0.717, 1.165) is 13.1 Å². The van der Waals surface area contributed by atoms with Gasteiger partial charge in [-0.15, -0.1) is 0 Å². The van der Waals surface area contributed by atoms with Crippen molar-refractivity contribution in [3.63, 3.8) is 0 Å². The smallest absolute Gasteiger partial charge is 0.221 e. The molecule has 1 aliphatic carbocycles. The molecule has 1 saturated heterocycles. The maximum absolute atomic E-state index is 11.7. The summed E-state index contributed by atoms with van der Waals surface area (Å²) in [7, 11) is 2.15. The van der Waals surface area contributed by atoms with Crippen LogP contribution < -0.4 is 11.1 Å². The number of amides is 1. The zero-order valence-corrected chi connectivity index (χ0v) is 10.8. The number of likely N-dealkylation sites (tertiary alicyclic amines) is 1. The van der Waals surface area contributed by atoms with Crippen molar-refractivity contribution < 1.29 is 4.79 Å². The highest BCUT2D eigenvalue weighted by Gasteiger charge is 2.29. The van der Waals surface area contributed by atoms with E-state index < -0.39 is 0 Å². The molecular weight excluding hydrogens is 214 g/mol. The molecule has 2 unspecified atom stereocenters. The summed E-state index contributed by atoms with van der Waals surface area (Å²) in [5.74, 6) is 1.37. The first kappa shape index (κ1) is 12.8. The van der Waals surface area contributed by atoms with Gasteiger partial charge in [0.05, 0.1) is 0 Å². The lowest BCUT2D eigenvalue weighted by atomic mass is 9.98. The van der Waals surface area contributed by atoms with Gasteiger partial charge in [-0.1, -0.05) is 0 Å². The lowest BCUT2D eigenvalue weighted by molar-refractivity contribution is -0.121. The van der Waals surface area contributed by atoms with E-state index in [1.807, 2.05) is 0 Å². The Morgan fingerprint density at radius 3 is 2.88 bits per heavy atom. The highest BCUT2D eigenvalue weighted by Crippen LogP contribution is 2.32. The largest absolute Gasteiger partial charge is 0.356 e. The van der Waals surface area contributed by atoms with Gasteiger partial charge in [0.1, 0.15) is 0 Å². The third-order valence-electron chi connectivity index (χ3n) is 3.96. The second kappa shape index (κ2) is 5.83. The molecular formula is C13H25N3O. The summed E-state index contributed by atoms with van der Waals surface area (Å²) in [6.07, 6.45) is 5.41. The Bertz CT molecular complexity index is 265. The second-order valence-electron chi connectivity index (χ2n) is 5.78. The van der Waals surface area contributed by atoms with Crippen molar-refractivity contribution in [1.29, 1.82) is 0 Å². The third-order valence-corrected chi connectivity index (χ3v) is 3.96. The van der Waals surface area contributed by atoms with Crippen molar-refractivity contribution in [3.05, 3.63) is 0 Å². The third kappa shape index (κ3) is 4.28. The average Bonchev–Trinajstić information content (AvgIpc) is 3.10. The van der Waals surface area contributed by atoms with E-state index in [9.17, 15) is 4.79 Å². The van der Waals surface area contributed by atoms with Gasteiger partial charge in [0, 0.05) is 25.6 Å². The fraction of sp³-hybridized carbons (Fsp3) is 0.923. The SMILES string of the molecule is CN1CCCC(CNC(=O)CC(N)C2CC2)C1. The van der Waals surface area contributed by atoms with Crippen molar-refractivity contribution >= 4 is 5.91 Å². The maximum atomic E-state index is 11.7. The van der Waals surface area contributed by atoms with Gasteiger partial charge in [0.2, 0.25) is 5.91 Å². The lowest BCUT2D eigenvalue weighted by Crippen LogP contribution is -2.40. The summed E-state index contributed by atoms with van der Waals surface area (Å²) in [4.78, 5) is 14.0. The lowest BCUT2D eigenvalue weighted by Gasteiger charge is -2.29. The first-order valence-corrected chi connectivity index (χ1v) is 6.86. The quantitative estimate of drug-likeness (QED) is 0.737. The molecule has 1 aliphatic heterocycles. The summed E-state index contributed by atoms with van der Waals surface area (Å²) in [5, 5.41) is 3.04. The fourth-order valence-corrected chi connectivity index (χ4v) is 2.68. The van der Waals surface area contributed by atoms with Crippen molar-refractivity contribution in [2.24, 2.45) is 17.6 Å². The zero-order chi connectivity index (χ0) is 12.3. The number of nitrogens with two attached hydrogens (primary N) is 1. The van der Waals surface area contributed by atoms with Crippen molar-refractivity contribution in [1.82, 2.24) is 10.2 Å². The maximum Gasteiger partial charge on any atom is 0.221 e. The summed E-state index contributed by atoms with van der Waals surface area (Å²) in [6, 6.07) is 0.0871. The minimum absolute atomic E-state index is 0.0871. The Kier molecular flexibility index (Phi) is 4.40. The van der Waals surface area contributed by atoms with Crippen LogP contribution in [0.2, 0.25) is 0 Å². The van der Waals surface area contributed by atoms with Crippen LogP contribution >= 0.6 is 0 Å². The van der Waals surface area contributed by atoms with Crippen LogP contribution in [0, 0.1) is 11.8 Å². The molecule has 0 aromatic heterocycles. The predicted octanol–water partition coefficient (Wildman–Crippen LogP) is 0.572. The van der Waals surface area contributed by atoms with Gasteiger partial charge in [-0.3, -0.25) is 4.79 Å². The van der Waals surface area contributed by atoms with E-state index in [0.29, 0.717) is 18.3 Å². The van der Waals surface area contributed by atoms with Crippen LogP contribution in [0.3, 0.4) is 0 Å². The summed E-state index contributed by atoms with van der Waals surface area (Å²) >= 11 is 0. The number of carbonyl (C=O) groups excluding carboxylic acids is 1. The second-order valence-corrected chi connectivity index (χ2v) is 5.78. The van der Waals surface area contributed by atoms with Gasteiger partial charge in [-0.05, 0) is 51.1 Å².